The standard InChI is InChI=1S/C15H26N2O4/c1-3-20-14(21-4-2)8-10-16-11-13(18)17-9-6-5-7-12(17)15(16)19/h12,14H,3-11H2,1-2H3. The van der Waals surface area contributed by atoms with Gasteiger partial charge in [0.1, 0.15) is 6.04 Å². The lowest BCUT2D eigenvalue weighted by Crippen LogP contribution is -2.61. The van der Waals surface area contributed by atoms with Crippen molar-refractivity contribution >= 4 is 11.8 Å². The van der Waals surface area contributed by atoms with Crippen LogP contribution in [0.5, 0.6) is 0 Å². The van der Waals surface area contributed by atoms with Crippen molar-refractivity contribution in [2.45, 2.75) is 51.9 Å². The number of amides is 2. The van der Waals surface area contributed by atoms with Gasteiger partial charge >= 0.3 is 0 Å². The molecule has 0 aliphatic carbocycles. The minimum Gasteiger partial charge on any atom is -0.353 e. The second kappa shape index (κ2) is 7.75. The molecule has 2 fully saturated rings. The van der Waals surface area contributed by atoms with Gasteiger partial charge in [-0.05, 0) is 33.1 Å². The summed E-state index contributed by atoms with van der Waals surface area (Å²) in [5.74, 6) is 0.157. The first kappa shape index (κ1) is 16.2. The molecule has 21 heavy (non-hydrogen) atoms. The Morgan fingerprint density at radius 2 is 1.90 bits per heavy atom. The van der Waals surface area contributed by atoms with Crippen molar-refractivity contribution in [1.82, 2.24) is 9.80 Å². The van der Waals surface area contributed by atoms with E-state index in [1.807, 2.05) is 13.8 Å². The Bertz CT molecular complexity index is 369. The molecule has 6 nitrogen and oxygen atoms in total. The quantitative estimate of drug-likeness (QED) is 0.658. The highest BCUT2D eigenvalue weighted by Crippen LogP contribution is 2.23. The molecular formula is C15H26N2O4. The molecule has 2 amide bonds. The summed E-state index contributed by atoms with van der Waals surface area (Å²) in [6, 6.07) is -0.238. The normalized spacial score (nSPS) is 22.9. The van der Waals surface area contributed by atoms with Crippen molar-refractivity contribution in [2.24, 2.45) is 0 Å². The van der Waals surface area contributed by atoms with Crippen LogP contribution in [0.25, 0.3) is 0 Å². The summed E-state index contributed by atoms with van der Waals surface area (Å²) in [6.07, 6.45) is 3.13. The highest BCUT2D eigenvalue weighted by Gasteiger charge is 2.40. The lowest BCUT2D eigenvalue weighted by molar-refractivity contribution is -0.162. The van der Waals surface area contributed by atoms with Gasteiger partial charge in [-0.1, -0.05) is 0 Å². The van der Waals surface area contributed by atoms with Crippen molar-refractivity contribution < 1.29 is 19.1 Å². The molecule has 1 atom stereocenters. The van der Waals surface area contributed by atoms with Crippen molar-refractivity contribution in [2.75, 3.05) is 32.8 Å². The molecule has 0 saturated carbocycles. The summed E-state index contributed by atoms with van der Waals surface area (Å²) < 4.78 is 11.0. The van der Waals surface area contributed by atoms with E-state index in [0.29, 0.717) is 26.2 Å². The molecule has 2 aliphatic rings. The number of carbonyl (C=O) groups excluding carboxylic acids is 2. The van der Waals surface area contributed by atoms with E-state index >= 15 is 0 Å². The average Bonchev–Trinajstić information content (AvgIpc) is 2.50. The highest BCUT2D eigenvalue weighted by molar-refractivity contribution is 5.95. The van der Waals surface area contributed by atoms with E-state index in [0.717, 1.165) is 25.8 Å². The third kappa shape index (κ3) is 3.95. The minimum absolute atomic E-state index is 0.0728. The lowest BCUT2D eigenvalue weighted by Gasteiger charge is -2.43. The Labute approximate surface area is 126 Å². The van der Waals surface area contributed by atoms with Gasteiger partial charge in [-0.2, -0.15) is 0 Å². The van der Waals surface area contributed by atoms with Gasteiger partial charge in [0.15, 0.2) is 6.29 Å². The van der Waals surface area contributed by atoms with Gasteiger partial charge in [-0.25, -0.2) is 0 Å². The Balaban J connectivity index is 1.90. The highest BCUT2D eigenvalue weighted by atomic mass is 16.7. The SMILES string of the molecule is CCOC(CCN1CC(=O)N2CCCCC2C1=O)OCC. The van der Waals surface area contributed by atoms with E-state index in [9.17, 15) is 9.59 Å². The summed E-state index contributed by atoms with van der Waals surface area (Å²) in [5, 5.41) is 0. The number of hydrogen-bond acceptors (Lipinski definition) is 4. The maximum Gasteiger partial charge on any atom is 0.245 e. The number of fused-ring (bicyclic) bond motifs is 1. The molecule has 2 aliphatic heterocycles. The number of piperidine rings is 1. The van der Waals surface area contributed by atoms with E-state index in [-0.39, 0.29) is 30.7 Å². The van der Waals surface area contributed by atoms with Crippen LogP contribution in [0.4, 0.5) is 0 Å². The molecule has 2 heterocycles. The summed E-state index contributed by atoms with van der Waals surface area (Å²) in [6.45, 7) is 6.42. The fourth-order valence-electron chi connectivity index (χ4n) is 3.07. The van der Waals surface area contributed by atoms with Crippen LogP contribution in [0.1, 0.15) is 39.5 Å². The molecule has 120 valence electrons. The predicted octanol–water partition coefficient (Wildman–Crippen LogP) is 0.999. The van der Waals surface area contributed by atoms with E-state index < -0.39 is 0 Å². The summed E-state index contributed by atoms with van der Waals surface area (Å²) in [7, 11) is 0. The van der Waals surface area contributed by atoms with Crippen molar-refractivity contribution in [3.8, 4) is 0 Å². The molecule has 0 radical (unpaired) electrons. The average molecular weight is 298 g/mol. The molecule has 0 bridgehead atoms. The Morgan fingerprint density at radius 3 is 2.57 bits per heavy atom. The van der Waals surface area contributed by atoms with Crippen LogP contribution in [0.3, 0.4) is 0 Å². The fourth-order valence-corrected chi connectivity index (χ4v) is 3.07. The van der Waals surface area contributed by atoms with Crippen molar-refractivity contribution in [3.05, 3.63) is 0 Å². The van der Waals surface area contributed by atoms with Crippen molar-refractivity contribution in [1.29, 1.82) is 0 Å². The van der Waals surface area contributed by atoms with Crippen LogP contribution >= 0.6 is 0 Å². The van der Waals surface area contributed by atoms with Crippen LogP contribution in [-0.4, -0.2) is 66.8 Å². The zero-order valence-electron chi connectivity index (χ0n) is 13.0. The molecule has 1 unspecified atom stereocenters. The van der Waals surface area contributed by atoms with Gasteiger partial charge in [0.25, 0.3) is 0 Å². The van der Waals surface area contributed by atoms with Crippen LogP contribution in [0.15, 0.2) is 0 Å². The number of hydrogen-bond donors (Lipinski definition) is 0. The Morgan fingerprint density at radius 1 is 1.19 bits per heavy atom. The summed E-state index contributed by atoms with van der Waals surface area (Å²) in [4.78, 5) is 28.1. The van der Waals surface area contributed by atoms with Gasteiger partial charge in [0.2, 0.25) is 11.8 Å². The topological polar surface area (TPSA) is 59.1 Å². The van der Waals surface area contributed by atoms with Gasteiger partial charge in [0.05, 0.1) is 6.54 Å². The second-order valence-electron chi connectivity index (χ2n) is 5.49. The number of rotatable bonds is 7. The third-order valence-electron chi connectivity index (χ3n) is 4.09. The molecule has 2 saturated heterocycles. The number of nitrogens with zero attached hydrogens (tertiary/aromatic N) is 2. The number of carbonyl (C=O) groups is 2. The van der Waals surface area contributed by atoms with Crippen LogP contribution in [0.2, 0.25) is 0 Å². The van der Waals surface area contributed by atoms with Gasteiger partial charge < -0.3 is 19.3 Å². The largest absolute Gasteiger partial charge is 0.353 e. The second-order valence-corrected chi connectivity index (χ2v) is 5.49. The molecule has 0 aromatic rings. The lowest BCUT2D eigenvalue weighted by atomic mass is 9.98. The fraction of sp³-hybridized carbons (Fsp3) is 0.867. The molecule has 0 aromatic carbocycles. The van der Waals surface area contributed by atoms with E-state index in [4.69, 9.17) is 9.47 Å². The first-order valence-corrected chi connectivity index (χ1v) is 7.98. The van der Waals surface area contributed by atoms with E-state index in [2.05, 4.69) is 0 Å². The first-order valence-electron chi connectivity index (χ1n) is 7.98. The first-order chi connectivity index (χ1) is 10.2. The molecule has 2 rings (SSSR count). The van der Waals surface area contributed by atoms with E-state index in [1.54, 1.807) is 9.80 Å². The van der Waals surface area contributed by atoms with Crippen molar-refractivity contribution in [3.63, 3.8) is 0 Å². The molecule has 0 aromatic heterocycles. The number of ether oxygens (including phenoxy) is 2. The maximum atomic E-state index is 12.5. The zero-order chi connectivity index (χ0) is 15.2. The van der Waals surface area contributed by atoms with E-state index in [1.165, 1.54) is 0 Å². The predicted molar refractivity (Wildman–Crippen MR) is 77.6 cm³/mol. The zero-order valence-corrected chi connectivity index (χ0v) is 13.0. The smallest absolute Gasteiger partial charge is 0.245 e. The Kier molecular flexibility index (Phi) is 5.99. The van der Waals surface area contributed by atoms with Gasteiger partial charge in [0, 0.05) is 32.7 Å². The maximum absolute atomic E-state index is 12.5. The Hall–Kier alpha value is -1.14. The summed E-state index contributed by atoms with van der Waals surface area (Å²) >= 11 is 0. The summed E-state index contributed by atoms with van der Waals surface area (Å²) in [5.41, 5.74) is 0. The van der Waals surface area contributed by atoms with Gasteiger partial charge in [-0.3, -0.25) is 9.59 Å². The molecular weight excluding hydrogens is 272 g/mol. The number of piperazine rings is 1. The minimum atomic E-state index is -0.299. The van der Waals surface area contributed by atoms with Crippen LogP contribution in [0, 0.1) is 0 Å². The monoisotopic (exact) mass is 298 g/mol. The van der Waals surface area contributed by atoms with Crippen LogP contribution in [-0.2, 0) is 19.1 Å². The molecule has 0 spiro atoms. The molecule has 6 heteroatoms. The molecule has 0 N–H and O–H groups in total. The van der Waals surface area contributed by atoms with Crippen LogP contribution < -0.4 is 0 Å². The third-order valence-corrected chi connectivity index (χ3v) is 4.09. The van der Waals surface area contributed by atoms with Gasteiger partial charge in [-0.15, -0.1) is 0 Å².